The first kappa shape index (κ1) is 15.5. The van der Waals surface area contributed by atoms with E-state index in [9.17, 15) is 9.18 Å². The lowest BCUT2D eigenvalue weighted by Crippen LogP contribution is -2.27. The summed E-state index contributed by atoms with van der Waals surface area (Å²) in [6.45, 7) is 3.05. The minimum Gasteiger partial charge on any atom is -0.478 e. The standard InChI is InChI=1S/C16H21FN2O2/c1-18-8-7-12(10-18)11-19(2)15-5-4-14(17)9-13(15)3-6-16(20)21/h3-6,9,12H,7-8,10-11H2,1-2H3,(H,20,21). The molecule has 1 aromatic rings. The molecule has 114 valence electrons. The first-order chi connectivity index (χ1) is 9.95. The first-order valence-corrected chi connectivity index (χ1v) is 7.06. The molecule has 4 nitrogen and oxygen atoms in total. The summed E-state index contributed by atoms with van der Waals surface area (Å²) in [5, 5.41) is 8.73. The summed E-state index contributed by atoms with van der Waals surface area (Å²) in [6.07, 6.45) is 3.63. The summed E-state index contributed by atoms with van der Waals surface area (Å²) in [5.74, 6) is -0.815. The molecule has 5 heteroatoms. The topological polar surface area (TPSA) is 43.8 Å². The lowest BCUT2D eigenvalue weighted by molar-refractivity contribution is -0.131. The summed E-state index contributed by atoms with van der Waals surface area (Å²) in [5.41, 5.74) is 1.44. The largest absolute Gasteiger partial charge is 0.478 e. The average molecular weight is 292 g/mol. The molecule has 1 fully saturated rings. The molecule has 2 rings (SSSR count). The number of hydrogen-bond acceptors (Lipinski definition) is 3. The first-order valence-electron chi connectivity index (χ1n) is 7.06. The van der Waals surface area contributed by atoms with Crippen molar-refractivity contribution in [2.45, 2.75) is 6.42 Å². The van der Waals surface area contributed by atoms with Crippen LogP contribution < -0.4 is 4.90 Å². The highest BCUT2D eigenvalue weighted by atomic mass is 19.1. The molecular weight excluding hydrogens is 271 g/mol. The van der Waals surface area contributed by atoms with Gasteiger partial charge in [0.25, 0.3) is 0 Å². The van der Waals surface area contributed by atoms with Crippen molar-refractivity contribution < 1.29 is 14.3 Å². The maximum Gasteiger partial charge on any atom is 0.328 e. The molecule has 0 amide bonds. The second-order valence-electron chi connectivity index (χ2n) is 5.67. The van der Waals surface area contributed by atoms with E-state index >= 15 is 0 Å². The Morgan fingerprint density at radius 2 is 2.33 bits per heavy atom. The number of benzene rings is 1. The van der Waals surface area contributed by atoms with Gasteiger partial charge in [-0.05, 0) is 50.2 Å². The summed E-state index contributed by atoms with van der Waals surface area (Å²) < 4.78 is 13.4. The van der Waals surface area contributed by atoms with Gasteiger partial charge in [0, 0.05) is 37.5 Å². The van der Waals surface area contributed by atoms with Gasteiger partial charge in [-0.25, -0.2) is 9.18 Å². The van der Waals surface area contributed by atoms with E-state index in [0.717, 1.165) is 37.8 Å². The van der Waals surface area contributed by atoms with E-state index in [2.05, 4.69) is 16.8 Å². The zero-order valence-corrected chi connectivity index (χ0v) is 12.4. The molecule has 1 aliphatic rings. The van der Waals surface area contributed by atoms with Crippen LogP contribution >= 0.6 is 0 Å². The second-order valence-corrected chi connectivity index (χ2v) is 5.67. The molecule has 1 heterocycles. The fraction of sp³-hybridized carbons (Fsp3) is 0.438. The van der Waals surface area contributed by atoms with E-state index in [1.807, 2.05) is 7.05 Å². The molecule has 1 saturated heterocycles. The maximum atomic E-state index is 13.4. The number of carboxylic acids is 1. The van der Waals surface area contributed by atoms with Crippen molar-refractivity contribution in [1.29, 1.82) is 0 Å². The van der Waals surface area contributed by atoms with Gasteiger partial charge >= 0.3 is 5.97 Å². The minimum absolute atomic E-state index is 0.363. The molecule has 1 aromatic carbocycles. The quantitative estimate of drug-likeness (QED) is 0.846. The predicted molar refractivity (Wildman–Crippen MR) is 81.9 cm³/mol. The Hall–Kier alpha value is -1.88. The zero-order valence-electron chi connectivity index (χ0n) is 12.4. The minimum atomic E-state index is -1.04. The predicted octanol–water partition coefficient (Wildman–Crippen LogP) is 2.31. The van der Waals surface area contributed by atoms with E-state index in [4.69, 9.17) is 5.11 Å². The van der Waals surface area contributed by atoms with Gasteiger partial charge in [0.05, 0.1) is 0 Å². The highest BCUT2D eigenvalue weighted by Gasteiger charge is 2.21. The Morgan fingerprint density at radius 3 is 2.95 bits per heavy atom. The molecule has 0 radical (unpaired) electrons. The van der Waals surface area contributed by atoms with E-state index in [0.29, 0.717) is 11.5 Å². The highest BCUT2D eigenvalue weighted by Crippen LogP contribution is 2.25. The third kappa shape index (κ3) is 4.29. The van der Waals surface area contributed by atoms with Crippen LogP contribution in [-0.4, -0.2) is 49.7 Å². The van der Waals surface area contributed by atoms with Gasteiger partial charge in [0.2, 0.25) is 0 Å². The van der Waals surface area contributed by atoms with Crippen molar-refractivity contribution in [3.8, 4) is 0 Å². The van der Waals surface area contributed by atoms with Crippen LogP contribution in [-0.2, 0) is 4.79 Å². The Balaban J connectivity index is 2.15. The number of carbonyl (C=O) groups is 1. The van der Waals surface area contributed by atoms with Crippen molar-refractivity contribution >= 4 is 17.7 Å². The molecule has 0 bridgehead atoms. The van der Waals surface area contributed by atoms with Crippen LogP contribution in [0.1, 0.15) is 12.0 Å². The number of aliphatic carboxylic acids is 1. The molecule has 1 N–H and O–H groups in total. The van der Waals surface area contributed by atoms with Crippen LogP contribution in [0.15, 0.2) is 24.3 Å². The molecule has 21 heavy (non-hydrogen) atoms. The molecular formula is C16H21FN2O2. The molecule has 0 aromatic heterocycles. The van der Waals surface area contributed by atoms with Crippen molar-refractivity contribution in [2.24, 2.45) is 5.92 Å². The van der Waals surface area contributed by atoms with Gasteiger partial charge in [-0.3, -0.25) is 0 Å². The Morgan fingerprint density at radius 1 is 1.57 bits per heavy atom. The van der Waals surface area contributed by atoms with Crippen molar-refractivity contribution in [3.05, 3.63) is 35.7 Å². The van der Waals surface area contributed by atoms with Crippen LogP contribution in [0.3, 0.4) is 0 Å². The lowest BCUT2D eigenvalue weighted by atomic mass is 10.1. The second kappa shape index (κ2) is 6.72. The third-order valence-corrected chi connectivity index (χ3v) is 3.83. The van der Waals surface area contributed by atoms with Gasteiger partial charge in [-0.15, -0.1) is 0 Å². The third-order valence-electron chi connectivity index (χ3n) is 3.83. The van der Waals surface area contributed by atoms with Gasteiger partial charge in [0.15, 0.2) is 0 Å². The van der Waals surface area contributed by atoms with Crippen molar-refractivity contribution in [3.63, 3.8) is 0 Å². The lowest BCUT2D eigenvalue weighted by Gasteiger charge is -2.25. The zero-order chi connectivity index (χ0) is 15.4. The number of hydrogen-bond donors (Lipinski definition) is 1. The summed E-state index contributed by atoms with van der Waals surface area (Å²) in [4.78, 5) is 15.0. The fourth-order valence-electron chi connectivity index (χ4n) is 2.83. The van der Waals surface area contributed by atoms with Crippen LogP contribution in [0.5, 0.6) is 0 Å². The van der Waals surface area contributed by atoms with Gasteiger partial charge in [0.1, 0.15) is 5.82 Å². The molecule has 0 aliphatic carbocycles. The summed E-state index contributed by atoms with van der Waals surface area (Å²) in [6, 6.07) is 4.48. The van der Waals surface area contributed by atoms with Crippen LogP contribution in [0.4, 0.5) is 10.1 Å². The Bertz CT molecular complexity index is 545. The van der Waals surface area contributed by atoms with E-state index in [1.165, 1.54) is 18.2 Å². The number of rotatable bonds is 5. The van der Waals surface area contributed by atoms with E-state index in [1.54, 1.807) is 6.07 Å². The average Bonchev–Trinajstić information content (AvgIpc) is 2.81. The van der Waals surface area contributed by atoms with Crippen molar-refractivity contribution in [2.75, 3.05) is 38.6 Å². The molecule has 1 unspecified atom stereocenters. The van der Waals surface area contributed by atoms with Gasteiger partial charge < -0.3 is 14.9 Å². The van der Waals surface area contributed by atoms with Gasteiger partial charge in [-0.2, -0.15) is 0 Å². The van der Waals surface area contributed by atoms with Crippen LogP contribution in [0.2, 0.25) is 0 Å². The number of anilines is 1. The maximum absolute atomic E-state index is 13.4. The molecule has 1 atom stereocenters. The number of halogens is 1. The van der Waals surface area contributed by atoms with E-state index < -0.39 is 5.97 Å². The highest BCUT2D eigenvalue weighted by molar-refractivity contribution is 5.87. The Kier molecular flexibility index (Phi) is 4.96. The monoisotopic (exact) mass is 292 g/mol. The SMILES string of the molecule is CN1CCC(CN(C)c2ccc(F)cc2C=CC(=O)O)C1. The Labute approximate surface area is 124 Å². The van der Waals surface area contributed by atoms with E-state index in [-0.39, 0.29) is 5.82 Å². The number of likely N-dealkylation sites (tertiary alicyclic amines) is 1. The molecule has 0 saturated carbocycles. The fourth-order valence-corrected chi connectivity index (χ4v) is 2.83. The smallest absolute Gasteiger partial charge is 0.328 e. The van der Waals surface area contributed by atoms with Gasteiger partial charge in [-0.1, -0.05) is 0 Å². The van der Waals surface area contributed by atoms with Crippen LogP contribution in [0, 0.1) is 11.7 Å². The summed E-state index contributed by atoms with van der Waals surface area (Å²) in [7, 11) is 4.07. The molecule has 1 aliphatic heterocycles. The molecule has 0 spiro atoms. The normalized spacial score (nSPS) is 19.3. The van der Waals surface area contributed by atoms with Crippen molar-refractivity contribution in [1.82, 2.24) is 4.90 Å². The van der Waals surface area contributed by atoms with Crippen LogP contribution in [0.25, 0.3) is 6.08 Å². The summed E-state index contributed by atoms with van der Waals surface area (Å²) >= 11 is 0. The number of carboxylic acid groups (broad SMARTS) is 1. The number of nitrogens with zero attached hydrogens (tertiary/aromatic N) is 2.